The molecule has 0 spiro atoms. The monoisotopic (exact) mass is 403 g/mol. The van der Waals surface area contributed by atoms with Crippen molar-refractivity contribution in [2.24, 2.45) is 5.92 Å². The Bertz CT molecular complexity index is 1040. The van der Waals surface area contributed by atoms with Crippen molar-refractivity contribution in [3.05, 3.63) is 70.9 Å². The second kappa shape index (κ2) is 8.65. The van der Waals surface area contributed by atoms with Crippen LogP contribution in [0.3, 0.4) is 0 Å². The molecular weight excluding hydrogens is 370 g/mol. The molecule has 1 aromatic heterocycles. The number of nitrogens with two attached hydrogens (primary N) is 1. The number of carbonyl (C=O) groups is 1. The molecule has 0 bridgehead atoms. The third-order valence-electron chi connectivity index (χ3n) is 6.42. The number of piperidine rings is 1. The third kappa shape index (κ3) is 4.01. The summed E-state index contributed by atoms with van der Waals surface area (Å²) >= 11 is 0. The van der Waals surface area contributed by atoms with E-state index in [1.54, 1.807) is 4.68 Å². The summed E-state index contributed by atoms with van der Waals surface area (Å²) in [5.74, 6) is 7.57. The molecule has 2 N–H and O–H groups in total. The fraction of sp³-hybridized carbons (Fsp3) is 0.423. The minimum Gasteiger partial charge on any atom is -0.339 e. The van der Waals surface area contributed by atoms with E-state index in [1.165, 1.54) is 12.1 Å². The van der Waals surface area contributed by atoms with Crippen molar-refractivity contribution >= 4 is 16.7 Å². The predicted molar refractivity (Wildman–Crippen MR) is 125 cm³/mol. The van der Waals surface area contributed by atoms with Gasteiger partial charge in [0.1, 0.15) is 0 Å². The van der Waals surface area contributed by atoms with Crippen LogP contribution < -0.4 is 5.84 Å². The van der Waals surface area contributed by atoms with Crippen LogP contribution in [0.25, 0.3) is 10.9 Å². The first-order valence-corrected chi connectivity index (χ1v) is 11.2. The molecule has 158 valence electrons. The molecular formula is C26H33N3O. The molecule has 1 aliphatic rings. The highest BCUT2D eigenvalue weighted by Crippen LogP contribution is 2.35. The molecule has 4 heteroatoms. The van der Waals surface area contributed by atoms with Crippen LogP contribution in [-0.2, 0) is 6.42 Å². The van der Waals surface area contributed by atoms with Gasteiger partial charge in [0.25, 0.3) is 0 Å². The van der Waals surface area contributed by atoms with Gasteiger partial charge in [0.05, 0.1) is 5.52 Å². The maximum atomic E-state index is 13.3. The summed E-state index contributed by atoms with van der Waals surface area (Å²) in [6.07, 6.45) is 5.20. The second-order valence-electron chi connectivity index (χ2n) is 9.03. The lowest BCUT2D eigenvalue weighted by atomic mass is 9.88. The van der Waals surface area contributed by atoms with E-state index in [0.717, 1.165) is 59.9 Å². The first-order valence-electron chi connectivity index (χ1n) is 11.2. The Morgan fingerprint density at radius 2 is 1.87 bits per heavy atom. The highest BCUT2D eigenvalue weighted by Gasteiger charge is 2.24. The fourth-order valence-electron chi connectivity index (χ4n) is 4.90. The van der Waals surface area contributed by atoms with Gasteiger partial charge in [-0.1, -0.05) is 45.0 Å². The van der Waals surface area contributed by atoms with Crippen molar-refractivity contribution in [3.63, 3.8) is 0 Å². The minimum absolute atomic E-state index is 0.0943. The van der Waals surface area contributed by atoms with Gasteiger partial charge in [0.2, 0.25) is 0 Å². The van der Waals surface area contributed by atoms with Crippen molar-refractivity contribution < 1.29 is 4.79 Å². The predicted octanol–water partition coefficient (Wildman–Crippen LogP) is 4.98. The number of fused-ring (bicyclic) bond motifs is 1. The Hall–Kier alpha value is -2.59. The molecule has 0 atom stereocenters. The molecule has 2 heterocycles. The van der Waals surface area contributed by atoms with Gasteiger partial charge in [-0.15, -0.1) is 0 Å². The van der Waals surface area contributed by atoms with E-state index in [1.807, 2.05) is 36.4 Å². The van der Waals surface area contributed by atoms with E-state index in [0.29, 0.717) is 11.8 Å². The van der Waals surface area contributed by atoms with Crippen LogP contribution in [0.1, 0.15) is 66.6 Å². The smallest absolute Gasteiger partial charge is 0.193 e. The largest absolute Gasteiger partial charge is 0.339 e. The van der Waals surface area contributed by atoms with E-state index in [4.69, 9.17) is 5.84 Å². The Kier molecular flexibility index (Phi) is 5.96. The number of likely N-dealkylation sites (tertiary alicyclic amines) is 1. The Labute approximate surface area is 179 Å². The molecule has 0 saturated carbocycles. The van der Waals surface area contributed by atoms with E-state index in [2.05, 4.69) is 37.9 Å². The lowest BCUT2D eigenvalue weighted by Crippen LogP contribution is -2.35. The van der Waals surface area contributed by atoms with Gasteiger partial charge >= 0.3 is 0 Å². The zero-order chi connectivity index (χ0) is 21.3. The average molecular weight is 404 g/mol. The maximum Gasteiger partial charge on any atom is 0.193 e. The highest BCUT2D eigenvalue weighted by atomic mass is 16.1. The minimum atomic E-state index is 0.0943. The molecule has 1 fully saturated rings. The van der Waals surface area contributed by atoms with Crippen LogP contribution in [0, 0.1) is 5.92 Å². The Balaban J connectivity index is 1.64. The van der Waals surface area contributed by atoms with Crippen molar-refractivity contribution in [1.82, 2.24) is 9.58 Å². The summed E-state index contributed by atoms with van der Waals surface area (Å²) in [5, 5.41) is 1.12. The lowest BCUT2D eigenvalue weighted by molar-refractivity contribution is 0.103. The number of nitrogens with zero attached hydrogens (tertiary/aromatic N) is 2. The second-order valence-corrected chi connectivity index (χ2v) is 9.03. The van der Waals surface area contributed by atoms with Gasteiger partial charge in [-0.05, 0) is 73.5 Å². The summed E-state index contributed by atoms with van der Waals surface area (Å²) in [4.78, 5) is 15.8. The van der Waals surface area contributed by atoms with Crippen molar-refractivity contribution in [3.8, 4) is 0 Å². The van der Waals surface area contributed by atoms with Crippen LogP contribution in [0.4, 0.5) is 0 Å². The zero-order valence-corrected chi connectivity index (χ0v) is 18.4. The zero-order valence-electron chi connectivity index (χ0n) is 18.4. The standard InChI is InChI=1S/C26H33N3O/c1-4-19-7-5-6-8-22(19)26(30)21-9-10-25-23(15-21)24(17-29(25)27)20-11-13-28(14-12-20)16-18(2)3/h5-10,15,17-18,20H,4,11-14,16,27H2,1-3H3. The molecule has 4 nitrogen and oxygen atoms in total. The molecule has 2 aromatic carbocycles. The molecule has 1 aliphatic heterocycles. The molecule has 0 aliphatic carbocycles. The number of hydrogen-bond acceptors (Lipinski definition) is 3. The number of ketones is 1. The molecule has 3 aromatic rings. The normalized spacial score (nSPS) is 15.9. The van der Waals surface area contributed by atoms with Crippen LogP contribution in [-0.4, -0.2) is 35.0 Å². The van der Waals surface area contributed by atoms with E-state index >= 15 is 0 Å². The van der Waals surface area contributed by atoms with Crippen molar-refractivity contribution in [2.45, 2.75) is 46.0 Å². The summed E-state index contributed by atoms with van der Waals surface area (Å²) in [7, 11) is 0. The van der Waals surface area contributed by atoms with Crippen molar-refractivity contribution in [2.75, 3.05) is 25.5 Å². The van der Waals surface area contributed by atoms with Gasteiger partial charge < -0.3 is 10.7 Å². The summed E-state index contributed by atoms with van der Waals surface area (Å²) in [6.45, 7) is 10.1. The van der Waals surface area contributed by atoms with Crippen LogP contribution in [0.15, 0.2) is 48.7 Å². The first kappa shape index (κ1) is 20.7. The summed E-state index contributed by atoms with van der Waals surface area (Å²) in [5.41, 5.74) is 4.92. The van der Waals surface area contributed by atoms with Crippen LogP contribution in [0.5, 0.6) is 0 Å². The van der Waals surface area contributed by atoms with Gasteiger partial charge in [-0.2, -0.15) is 0 Å². The van der Waals surface area contributed by atoms with Gasteiger partial charge in [-0.3, -0.25) is 9.47 Å². The first-order chi connectivity index (χ1) is 14.5. The molecule has 4 rings (SSSR count). The maximum absolute atomic E-state index is 13.3. The quantitative estimate of drug-likeness (QED) is 0.466. The van der Waals surface area contributed by atoms with E-state index in [9.17, 15) is 4.79 Å². The molecule has 0 amide bonds. The number of aromatic nitrogens is 1. The SMILES string of the molecule is CCc1ccccc1C(=O)c1ccc2c(c1)c(C1CCN(CC(C)C)CC1)cn2N. The fourth-order valence-corrected chi connectivity index (χ4v) is 4.90. The number of nitrogen functional groups attached to an aromatic ring is 1. The van der Waals surface area contributed by atoms with Gasteiger partial charge in [0, 0.05) is 29.3 Å². The highest BCUT2D eigenvalue weighted by molar-refractivity contribution is 6.11. The number of benzene rings is 2. The molecule has 0 unspecified atom stereocenters. The number of aryl methyl sites for hydroxylation is 1. The third-order valence-corrected chi connectivity index (χ3v) is 6.42. The average Bonchev–Trinajstić information content (AvgIpc) is 3.09. The number of carbonyl (C=O) groups excluding carboxylic acids is 1. The number of hydrogen-bond donors (Lipinski definition) is 1. The van der Waals surface area contributed by atoms with Gasteiger partial charge in [0.15, 0.2) is 5.78 Å². The molecule has 1 saturated heterocycles. The van der Waals surface area contributed by atoms with Gasteiger partial charge in [-0.25, -0.2) is 0 Å². The number of rotatable bonds is 6. The Morgan fingerprint density at radius 1 is 1.13 bits per heavy atom. The summed E-state index contributed by atoms with van der Waals surface area (Å²) in [6, 6.07) is 13.9. The Morgan fingerprint density at radius 3 is 2.57 bits per heavy atom. The topological polar surface area (TPSA) is 51.3 Å². The lowest BCUT2D eigenvalue weighted by Gasteiger charge is -2.33. The molecule has 30 heavy (non-hydrogen) atoms. The van der Waals surface area contributed by atoms with Crippen molar-refractivity contribution in [1.29, 1.82) is 0 Å². The summed E-state index contributed by atoms with van der Waals surface area (Å²) < 4.78 is 1.72. The van der Waals surface area contributed by atoms with Crippen LogP contribution in [0.2, 0.25) is 0 Å². The van der Waals surface area contributed by atoms with E-state index in [-0.39, 0.29) is 5.78 Å². The van der Waals surface area contributed by atoms with Crippen LogP contribution >= 0.6 is 0 Å². The molecule has 0 radical (unpaired) electrons. The van der Waals surface area contributed by atoms with E-state index < -0.39 is 0 Å².